The van der Waals surface area contributed by atoms with Gasteiger partial charge in [0.1, 0.15) is 0 Å². The predicted molar refractivity (Wildman–Crippen MR) is 88.8 cm³/mol. The lowest BCUT2D eigenvalue weighted by Gasteiger charge is -2.19. The standard InChI is InChI=1S/C19H24N2O/c1-14-2-4-16-10-15(3-5-19(16)20-14)11-21-8-6-17(12-21)18-7-9-22-13-18/h2-5,10,17-18H,6-9,11-13H2,1H3. The van der Waals surface area contributed by atoms with E-state index in [4.69, 9.17) is 4.74 Å². The highest BCUT2D eigenvalue weighted by molar-refractivity contribution is 5.79. The van der Waals surface area contributed by atoms with E-state index >= 15 is 0 Å². The van der Waals surface area contributed by atoms with Crippen molar-refractivity contribution in [2.45, 2.75) is 26.3 Å². The average Bonchev–Trinajstić information content (AvgIpc) is 3.18. The number of rotatable bonds is 3. The van der Waals surface area contributed by atoms with Gasteiger partial charge in [-0.1, -0.05) is 12.1 Å². The fraction of sp³-hybridized carbons (Fsp3) is 0.526. The first kappa shape index (κ1) is 14.2. The first-order chi connectivity index (χ1) is 10.8. The van der Waals surface area contributed by atoms with Crippen LogP contribution in [0, 0.1) is 18.8 Å². The highest BCUT2D eigenvalue weighted by Crippen LogP contribution is 2.30. The minimum absolute atomic E-state index is 0.800. The molecule has 2 aromatic rings. The number of aryl methyl sites for hydroxylation is 1. The molecule has 1 aromatic carbocycles. The molecule has 0 saturated carbocycles. The number of nitrogens with zero attached hydrogens (tertiary/aromatic N) is 2. The van der Waals surface area contributed by atoms with Crippen LogP contribution >= 0.6 is 0 Å². The van der Waals surface area contributed by atoms with Gasteiger partial charge >= 0.3 is 0 Å². The monoisotopic (exact) mass is 296 g/mol. The summed E-state index contributed by atoms with van der Waals surface area (Å²) in [5, 5.41) is 1.25. The summed E-state index contributed by atoms with van der Waals surface area (Å²) in [4.78, 5) is 7.19. The topological polar surface area (TPSA) is 25.4 Å². The van der Waals surface area contributed by atoms with Gasteiger partial charge in [-0.05, 0) is 61.9 Å². The molecule has 0 spiro atoms. The van der Waals surface area contributed by atoms with Gasteiger partial charge in [-0.25, -0.2) is 0 Å². The number of hydrogen-bond donors (Lipinski definition) is 0. The van der Waals surface area contributed by atoms with Crippen molar-refractivity contribution < 1.29 is 4.74 Å². The zero-order valence-electron chi connectivity index (χ0n) is 13.3. The Balaban J connectivity index is 1.44. The number of hydrogen-bond acceptors (Lipinski definition) is 3. The molecule has 0 radical (unpaired) electrons. The largest absolute Gasteiger partial charge is 0.381 e. The highest BCUT2D eigenvalue weighted by Gasteiger charge is 2.31. The molecule has 2 unspecified atom stereocenters. The minimum atomic E-state index is 0.800. The lowest BCUT2D eigenvalue weighted by molar-refractivity contribution is 0.171. The summed E-state index contributed by atoms with van der Waals surface area (Å²) < 4.78 is 5.56. The molecule has 4 rings (SSSR count). The second-order valence-corrected chi connectivity index (χ2v) is 6.89. The van der Waals surface area contributed by atoms with Crippen LogP contribution in [0.2, 0.25) is 0 Å². The smallest absolute Gasteiger partial charge is 0.0705 e. The van der Waals surface area contributed by atoms with Crippen molar-refractivity contribution in [1.29, 1.82) is 0 Å². The van der Waals surface area contributed by atoms with Crippen LogP contribution in [0.1, 0.15) is 24.1 Å². The minimum Gasteiger partial charge on any atom is -0.381 e. The lowest BCUT2D eigenvalue weighted by atomic mass is 9.91. The zero-order chi connectivity index (χ0) is 14.9. The predicted octanol–water partition coefficient (Wildman–Crippen LogP) is 3.40. The Hall–Kier alpha value is -1.45. The first-order valence-corrected chi connectivity index (χ1v) is 8.44. The number of aromatic nitrogens is 1. The van der Waals surface area contributed by atoms with E-state index in [-0.39, 0.29) is 0 Å². The Morgan fingerprint density at radius 2 is 2.14 bits per heavy atom. The van der Waals surface area contributed by atoms with E-state index in [9.17, 15) is 0 Å². The van der Waals surface area contributed by atoms with Crippen molar-refractivity contribution in [3.63, 3.8) is 0 Å². The molecule has 1 aromatic heterocycles. The van der Waals surface area contributed by atoms with E-state index < -0.39 is 0 Å². The molecule has 0 amide bonds. The molecule has 3 heterocycles. The van der Waals surface area contributed by atoms with Gasteiger partial charge in [0.05, 0.1) is 5.52 Å². The third-order valence-corrected chi connectivity index (χ3v) is 5.24. The van der Waals surface area contributed by atoms with Crippen LogP contribution in [-0.2, 0) is 11.3 Å². The molecule has 3 nitrogen and oxygen atoms in total. The van der Waals surface area contributed by atoms with Gasteiger partial charge in [-0.15, -0.1) is 0 Å². The van der Waals surface area contributed by atoms with Gasteiger partial charge in [-0.2, -0.15) is 0 Å². The van der Waals surface area contributed by atoms with Crippen LogP contribution < -0.4 is 0 Å². The zero-order valence-corrected chi connectivity index (χ0v) is 13.3. The van der Waals surface area contributed by atoms with Gasteiger partial charge < -0.3 is 4.74 Å². The molecule has 0 bridgehead atoms. The second kappa shape index (κ2) is 5.98. The Bertz CT molecular complexity index is 664. The molecule has 0 aliphatic carbocycles. The summed E-state index contributed by atoms with van der Waals surface area (Å²) >= 11 is 0. The summed E-state index contributed by atoms with van der Waals surface area (Å²) in [5.41, 5.74) is 3.59. The SMILES string of the molecule is Cc1ccc2cc(CN3CCC(C4CCOC4)C3)ccc2n1. The van der Waals surface area contributed by atoms with E-state index in [1.54, 1.807) is 0 Å². The molecule has 2 saturated heterocycles. The lowest BCUT2D eigenvalue weighted by Crippen LogP contribution is -2.23. The van der Waals surface area contributed by atoms with Crippen molar-refractivity contribution in [2.24, 2.45) is 11.8 Å². The first-order valence-electron chi connectivity index (χ1n) is 8.44. The molecule has 2 aliphatic heterocycles. The molecule has 116 valence electrons. The number of pyridine rings is 1. The van der Waals surface area contributed by atoms with E-state index in [2.05, 4.69) is 40.2 Å². The highest BCUT2D eigenvalue weighted by atomic mass is 16.5. The quantitative estimate of drug-likeness (QED) is 0.868. The van der Waals surface area contributed by atoms with Crippen molar-refractivity contribution in [2.75, 3.05) is 26.3 Å². The van der Waals surface area contributed by atoms with E-state index in [0.717, 1.165) is 42.8 Å². The third kappa shape index (κ3) is 2.88. The van der Waals surface area contributed by atoms with E-state index in [1.807, 2.05) is 6.92 Å². The Labute approximate surface area is 132 Å². The summed E-state index contributed by atoms with van der Waals surface area (Å²) in [5.74, 6) is 1.64. The maximum Gasteiger partial charge on any atom is 0.0705 e. The normalized spacial score (nSPS) is 26.0. The van der Waals surface area contributed by atoms with Crippen molar-refractivity contribution in [3.8, 4) is 0 Å². The van der Waals surface area contributed by atoms with Gasteiger partial charge in [-0.3, -0.25) is 9.88 Å². The molecule has 2 fully saturated rings. The van der Waals surface area contributed by atoms with E-state index in [1.165, 1.54) is 36.9 Å². The van der Waals surface area contributed by atoms with Gasteiger partial charge in [0.15, 0.2) is 0 Å². The van der Waals surface area contributed by atoms with Crippen LogP contribution in [0.15, 0.2) is 30.3 Å². The van der Waals surface area contributed by atoms with Crippen LogP contribution in [0.3, 0.4) is 0 Å². The van der Waals surface area contributed by atoms with Gasteiger partial charge in [0.25, 0.3) is 0 Å². The maximum atomic E-state index is 5.56. The average molecular weight is 296 g/mol. The number of ether oxygens (including phenoxy) is 1. The summed E-state index contributed by atoms with van der Waals surface area (Å²) in [6, 6.07) is 11.0. The molecule has 22 heavy (non-hydrogen) atoms. The molecular formula is C19H24N2O. The second-order valence-electron chi connectivity index (χ2n) is 6.89. The summed E-state index contributed by atoms with van der Waals surface area (Å²) in [6.45, 7) is 7.53. The summed E-state index contributed by atoms with van der Waals surface area (Å²) in [6.07, 6.45) is 2.60. The molecule has 3 heteroatoms. The Morgan fingerprint density at radius 3 is 3.00 bits per heavy atom. The Kier molecular flexibility index (Phi) is 3.85. The molecule has 2 atom stereocenters. The van der Waals surface area contributed by atoms with Crippen LogP contribution in [-0.4, -0.2) is 36.2 Å². The molecule has 2 aliphatic rings. The van der Waals surface area contributed by atoms with Crippen molar-refractivity contribution in [3.05, 3.63) is 41.6 Å². The van der Waals surface area contributed by atoms with E-state index in [0.29, 0.717) is 0 Å². The van der Waals surface area contributed by atoms with Gasteiger partial charge in [0.2, 0.25) is 0 Å². The van der Waals surface area contributed by atoms with Crippen LogP contribution in [0.25, 0.3) is 10.9 Å². The third-order valence-electron chi connectivity index (χ3n) is 5.24. The summed E-state index contributed by atoms with van der Waals surface area (Å²) in [7, 11) is 0. The van der Waals surface area contributed by atoms with Crippen LogP contribution in [0.5, 0.6) is 0 Å². The number of benzene rings is 1. The van der Waals surface area contributed by atoms with Crippen molar-refractivity contribution in [1.82, 2.24) is 9.88 Å². The van der Waals surface area contributed by atoms with Crippen molar-refractivity contribution >= 4 is 10.9 Å². The van der Waals surface area contributed by atoms with Crippen LogP contribution in [0.4, 0.5) is 0 Å². The maximum absolute atomic E-state index is 5.56. The fourth-order valence-electron chi connectivity index (χ4n) is 3.95. The fourth-order valence-corrected chi connectivity index (χ4v) is 3.95. The molecular weight excluding hydrogens is 272 g/mol. The van der Waals surface area contributed by atoms with Gasteiger partial charge in [0, 0.05) is 37.4 Å². The number of fused-ring (bicyclic) bond motifs is 1. The molecule has 0 N–H and O–H groups in total. The number of likely N-dealkylation sites (tertiary alicyclic amines) is 1. The Morgan fingerprint density at radius 1 is 1.18 bits per heavy atom.